The molecule has 1 aromatic heterocycles. The van der Waals surface area contributed by atoms with Gasteiger partial charge >= 0.3 is 0 Å². The molecule has 0 unspecified atom stereocenters. The number of amides is 1. The first-order chi connectivity index (χ1) is 7.94. The van der Waals surface area contributed by atoms with Crippen molar-refractivity contribution in [2.75, 3.05) is 23.7 Å². The minimum atomic E-state index is -0.621. The minimum Gasteiger partial charge on any atom is -0.383 e. The van der Waals surface area contributed by atoms with Crippen LogP contribution in [-0.4, -0.2) is 34.5 Å². The second kappa shape index (κ2) is 3.87. The summed E-state index contributed by atoms with van der Waals surface area (Å²) in [6.45, 7) is 6.95. The van der Waals surface area contributed by atoms with Gasteiger partial charge in [0, 0.05) is 18.7 Å². The number of nitrogens with one attached hydrogen (secondary N) is 1. The molecule has 1 saturated heterocycles. The van der Waals surface area contributed by atoms with Gasteiger partial charge in [0.2, 0.25) is 5.91 Å². The van der Waals surface area contributed by atoms with E-state index in [0.29, 0.717) is 12.4 Å². The molecule has 3 N–H and O–H groups in total. The van der Waals surface area contributed by atoms with E-state index in [0.717, 1.165) is 17.9 Å². The van der Waals surface area contributed by atoms with Gasteiger partial charge < -0.3 is 16.0 Å². The van der Waals surface area contributed by atoms with Crippen molar-refractivity contribution in [3.8, 4) is 0 Å². The van der Waals surface area contributed by atoms with E-state index in [2.05, 4.69) is 15.3 Å². The molecule has 2 rings (SSSR count). The number of rotatable bonds is 1. The summed E-state index contributed by atoms with van der Waals surface area (Å²) in [6.07, 6.45) is 1.43. The molecule has 0 saturated carbocycles. The van der Waals surface area contributed by atoms with Crippen LogP contribution in [-0.2, 0) is 4.79 Å². The summed E-state index contributed by atoms with van der Waals surface area (Å²) in [4.78, 5) is 22.0. The molecule has 6 heteroatoms. The van der Waals surface area contributed by atoms with Gasteiger partial charge in [0.05, 0.1) is 0 Å². The van der Waals surface area contributed by atoms with Gasteiger partial charge in [-0.05, 0) is 20.8 Å². The SMILES string of the molecule is Cc1c(N)ncnc1N1CCNC(=O)C1(C)C. The topological polar surface area (TPSA) is 84.1 Å². The Bertz CT molecular complexity index is 457. The molecule has 1 aliphatic rings. The molecule has 17 heavy (non-hydrogen) atoms. The monoisotopic (exact) mass is 235 g/mol. The molecule has 0 spiro atoms. The van der Waals surface area contributed by atoms with E-state index in [-0.39, 0.29) is 5.91 Å². The van der Waals surface area contributed by atoms with Crippen LogP contribution in [0.3, 0.4) is 0 Å². The molecule has 1 aromatic rings. The third-order valence-corrected chi connectivity index (χ3v) is 3.20. The third-order valence-electron chi connectivity index (χ3n) is 3.20. The lowest BCUT2D eigenvalue weighted by atomic mass is 9.98. The Labute approximate surface area is 100 Å². The van der Waals surface area contributed by atoms with E-state index in [1.54, 1.807) is 0 Å². The van der Waals surface area contributed by atoms with E-state index in [9.17, 15) is 4.79 Å². The van der Waals surface area contributed by atoms with E-state index in [1.165, 1.54) is 6.33 Å². The minimum absolute atomic E-state index is 0.000309. The predicted molar refractivity (Wildman–Crippen MR) is 65.6 cm³/mol. The highest BCUT2D eigenvalue weighted by Gasteiger charge is 2.39. The fourth-order valence-electron chi connectivity index (χ4n) is 2.00. The Morgan fingerprint density at radius 2 is 2.18 bits per heavy atom. The maximum Gasteiger partial charge on any atom is 0.245 e. The number of hydrogen-bond donors (Lipinski definition) is 2. The molecule has 1 aliphatic heterocycles. The van der Waals surface area contributed by atoms with Gasteiger partial charge in [0.15, 0.2) is 0 Å². The molecule has 2 heterocycles. The number of piperazine rings is 1. The maximum atomic E-state index is 11.9. The summed E-state index contributed by atoms with van der Waals surface area (Å²) in [5.41, 5.74) is 5.97. The zero-order valence-electron chi connectivity index (χ0n) is 10.3. The van der Waals surface area contributed by atoms with Crippen molar-refractivity contribution >= 4 is 17.5 Å². The average molecular weight is 235 g/mol. The first-order valence-electron chi connectivity index (χ1n) is 5.57. The quantitative estimate of drug-likeness (QED) is 0.720. The van der Waals surface area contributed by atoms with Gasteiger partial charge in [-0.1, -0.05) is 0 Å². The van der Waals surface area contributed by atoms with Gasteiger partial charge in [-0.25, -0.2) is 9.97 Å². The molecule has 0 bridgehead atoms. The molecule has 6 nitrogen and oxygen atoms in total. The molecule has 1 fully saturated rings. The van der Waals surface area contributed by atoms with Crippen molar-refractivity contribution in [2.45, 2.75) is 26.3 Å². The maximum absolute atomic E-state index is 11.9. The van der Waals surface area contributed by atoms with Crippen LogP contribution in [0.2, 0.25) is 0 Å². The lowest BCUT2D eigenvalue weighted by molar-refractivity contribution is -0.126. The standard InChI is InChI=1S/C11H17N5O/c1-7-8(12)14-6-15-9(7)16-5-4-13-10(17)11(16,2)3/h6H,4-5H2,1-3H3,(H,13,17)(H2,12,14,15). The van der Waals surface area contributed by atoms with Crippen LogP contribution >= 0.6 is 0 Å². The predicted octanol–water partition coefficient (Wildman–Crippen LogP) is 0.0820. The molecule has 92 valence electrons. The van der Waals surface area contributed by atoms with E-state index >= 15 is 0 Å². The van der Waals surface area contributed by atoms with Crippen LogP contribution in [0.1, 0.15) is 19.4 Å². The van der Waals surface area contributed by atoms with Crippen molar-refractivity contribution in [1.82, 2.24) is 15.3 Å². The zero-order valence-corrected chi connectivity index (χ0v) is 10.3. The highest BCUT2D eigenvalue weighted by atomic mass is 16.2. The van der Waals surface area contributed by atoms with Gasteiger partial charge in [0.1, 0.15) is 23.5 Å². The summed E-state index contributed by atoms with van der Waals surface area (Å²) in [5, 5.41) is 2.85. The van der Waals surface area contributed by atoms with Gasteiger partial charge in [-0.3, -0.25) is 4.79 Å². The molecular formula is C11H17N5O. The summed E-state index contributed by atoms with van der Waals surface area (Å²) in [7, 11) is 0. The Balaban J connectivity index is 2.45. The Morgan fingerprint density at radius 3 is 2.88 bits per heavy atom. The first-order valence-corrected chi connectivity index (χ1v) is 5.57. The van der Waals surface area contributed by atoms with Gasteiger partial charge in [-0.2, -0.15) is 0 Å². The van der Waals surface area contributed by atoms with Crippen LogP contribution in [0.15, 0.2) is 6.33 Å². The van der Waals surface area contributed by atoms with Gasteiger partial charge in [-0.15, -0.1) is 0 Å². The van der Waals surface area contributed by atoms with Crippen molar-refractivity contribution in [1.29, 1.82) is 0 Å². The summed E-state index contributed by atoms with van der Waals surface area (Å²) in [5.74, 6) is 1.19. The van der Waals surface area contributed by atoms with Crippen molar-refractivity contribution in [3.05, 3.63) is 11.9 Å². The smallest absolute Gasteiger partial charge is 0.245 e. The highest BCUT2D eigenvalue weighted by molar-refractivity contribution is 5.90. The molecular weight excluding hydrogens is 218 g/mol. The summed E-state index contributed by atoms with van der Waals surface area (Å²) >= 11 is 0. The fourth-order valence-corrected chi connectivity index (χ4v) is 2.00. The molecule has 0 aromatic carbocycles. The molecule has 0 aliphatic carbocycles. The fraction of sp³-hybridized carbons (Fsp3) is 0.545. The molecule has 1 amide bonds. The van der Waals surface area contributed by atoms with Crippen molar-refractivity contribution in [3.63, 3.8) is 0 Å². The Morgan fingerprint density at radius 1 is 1.47 bits per heavy atom. The summed E-state index contributed by atoms with van der Waals surface area (Å²) in [6, 6.07) is 0. The van der Waals surface area contributed by atoms with Crippen LogP contribution in [0, 0.1) is 6.92 Å². The second-order valence-electron chi connectivity index (χ2n) is 4.67. The normalized spacial score (nSPS) is 19.0. The highest BCUT2D eigenvalue weighted by Crippen LogP contribution is 2.28. The van der Waals surface area contributed by atoms with Crippen LogP contribution in [0.25, 0.3) is 0 Å². The number of carbonyl (C=O) groups excluding carboxylic acids is 1. The number of aromatic nitrogens is 2. The van der Waals surface area contributed by atoms with Crippen molar-refractivity contribution < 1.29 is 4.79 Å². The first kappa shape index (κ1) is 11.6. The average Bonchev–Trinajstić information content (AvgIpc) is 2.27. The Hall–Kier alpha value is -1.85. The number of carbonyl (C=O) groups is 1. The number of anilines is 2. The van der Waals surface area contributed by atoms with Crippen LogP contribution < -0.4 is 16.0 Å². The Kier molecular flexibility index (Phi) is 2.65. The lowest BCUT2D eigenvalue weighted by Gasteiger charge is -2.42. The van der Waals surface area contributed by atoms with Crippen LogP contribution in [0.4, 0.5) is 11.6 Å². The molecule has 0 atom stereocenters. The number of nitrogen functional groups attached to an aromatic ring is 1. The van der Waals surface area contributed by atoms with E-state index in [1.807, 2.05) is 25.7 Å². The number of nitrogens with zero attached hydrogens (tertiary/aromatic N) is 3. The van der Waals surface area contributed by atoms with Gasteiger partial charge in [0.25, 0.3) is 0 Å². The number of hydrogen-bond acceptors (Lipinski definition) is 5. The second-order valence-corrected chi connectivity index (χ2v) is 4.67. The largest absolute Gasteiger partial charge is 0.383 e. The van der Waals surface area contributed by atoms with Crippen molar-refractivity contribution in [2.24, 2.45) is 0 Å². The zero-order chi connectivity index (χ0) is 12.6. The van der Waals surface area contributed by atoms with Crippen LogP contribution in [0.5, 0.6) is 0 Å². The molecule has 0 radical (unpaired) electrons. The third kappa shape index (κ3) is 1.79. The number of nitrogens with two attached hydrogens (primary N) is 1. The van der Waals surface area contributed by atoms with E-state index < -0.39 is 5.54 Å². The van der Waals surface area contributed by atoms with E-state index in [4.69, 9.17) is 5.73 Å². The lowest BCUT2D eigenvalue weighted by Crippen LogP contribution is -2.62. The summed E-state index contributed by atoms with van der Waals surface area (Å²) < 4.78 is 0.